The lowest BCUT2D eigenvalue weighted by molar-refractivity contribution is -0.181. The number of carbonyl (C=O) groups excluding carboxylic acids is 4. The van der Waals surface area contributed by atoms with Crippen molar-refractivity contribution < 1.29 is 44.7 Å². The van der Waals surface area contributed by atoms with Gasteiger partial charge in [-0.1, -0.05) is 6.07 Å². The first-order valence-electron chi connectivity index (χ1n) is 11.4. The summed E-state index contributed by atoms with van der Waals surface area (Å²) in [6.07, 6.45) is -3.81. The molecule has 4 rings (SSSR count). The Labute approximate surface area is 206 Å². The van der Waals surface area contributed by atoms with Crippen LogP contribution in [-0.4, -0.2) is 92.3 Å². The minimum Gasteiger partial charge on any atom is -0.507 e. The summed E-state index contributed by atoms with van der Waals surface area (Å²) in [7, 11) is 3.31. The van der Waals surface area contributed by atoms with Crippen molar-refractivity contribution in [3.8, 4) is 5.75 Å². The highest BCUT2D eigenvalue weighted by Gasteiger charge is 2.68. The van der Waals surface area contributed by atoms with E-state index >= 15 is 0 Å². The molecule has 194 valence electrons. The first-order valence-corrected chi connectivity index (χ1v) is 11.4. The minimum absolute atomic E-state index is 0.0238. The van der Waals surface area contributed by atoms with E-state index in [2.05, 4.69) is 5.32 Å². The molecule has 8 N–H and O–H groups in total. The van der Waals surface area contributed by atoms with Crippen molar-refractivity contribution in [1.82, 2.24) is 4.90 Å². The normalized spacial score (nSPS) is 33.6. The number of nitrogens with two attached hydrogens (primary N) is 1. The molecule has 1 aromatic rings. The van der Waals surface area contributed by atoms with E-state index in [4.69, 9.17) is 5.73 Å². The molecule has 1 aromatic carbocycles. The quantitative estimate of drug-likeness (QED) is 0.188. The van der Waals surface area contributed by atoms with Crippen LogP contribution in [0.2, 0.25) is 0 Å². The largest absolute Gasteiger partial charge is 0.507 e. The van der Waals surface area contributed by atoms with E-state index in [0.717, 1.165) is 0 Å². The summed E-state index contributed by atoms with van der Waals surface area (Å²) in [4.78, 5) is 53.1. The van der Waals surface area contributed by atoms with Gasteiger partial charge >= 0.3 is 0 Å². The monoisotopic (exact) mass is 503 g/mol. The second kappa shape index (κ2) is 8.37. The molecule has 3 aliphatic carbocycles. The third-order valence-corrected chi connectivity index (χ3v) is 7.66. The van der Waals surface area contributed by atoms with Crippen LogP contribution in [0.4, 0.5) is 5.69 Å². The molecule has 2 fully saturated rings. The van der Waals surface area contributed by atoms with E-state index in [-0.39, 0.29) is 24.2 Å². The summed E-state index contributed by atoms with van der Waals surface area (Å²) < 4.78 is 0. The van der Waals surface area contributed by atoms with E-state index in [0.29, 0.717) is 0 Å². The molecule has 0 aliphatic heterocycles. The summed E-state index contributed by atoms with van der Waals surface area (Å²) in [5.41, 5.74) is -0.0586. The van der Waals surface area contributed by atoms with Crippen LogP contribution in [0.1, 0.15) is 30.9 Å². The molecule has 2 saturated carbocycles. The smallest absolute Gasteiger partial charge is 0.238 e. The van der Waals surface area contributed by atoms with Crippen molar-refractivity contribution in [2.75, 3.05) is 26.0 Å². The van der Waals surface area contributed by atoms with E-state index in [1.807, 2.05) is 0 Å². The van der Waals surface area contributed by atoms with Gasteiger partial charge in [0.25, 0.3) is 0 Å². The molecule has 12 nitrogen and oxygen atoms in total. The molecule has 0 saturated heterocycles. The van der Waals surface area contributed by atoms with E-state index in [1.54, 1.807) is 19.0 Å². The fraction of sp³-hybridized carbons (Fsp3) is 0.500. The Kier molecular flexibility index (Phi) is 5.99. The summed E-state index contributed by atoms with van der Waals surface area (Å²) >= 11 is 0. The van der Waals surface area contributed by atoms with Crippen LogP contribution in [0.25, 0.3) is 5.76 Å². The molecular formula is C24H29N3O9. The number of fused-ring (bicyclic) bond motifs is 3. The number of benzene rings is 1. The molecule has 0 bridgehead atoms. The van der Waals surface area contributed by atoms with Crippen LogP contribution in [0, 0.1) is 11.8 Å². The molecular weight excluding hydrogens is 474 g/mol. The molecule has 2 amide bonds. The number of nitrogens with zero attached hydrogens (tertiary/aromatic N) is 1. The molecule has 3 aliphatic rings. The second-order valence-corrected chi connectivity index (χ2v) is 10.2. The second-order valence-electron chi connectivity index (χ2n) is 10.2. The van der Waals surface area contributed by atoms with Gasteiger partial charge in [-0.2, -0.15) is 0 Å². The Balaban J connectivity index is 1.96. The van der Waals surface area contributed by atoms with Gasteiger partial charge in [-0.05, 0) is 39.1 Å². The van der Waals surface area contributed by atoms with E-state index in [9.17, 15) is 44.7 Å². The van der Waals surface area contributed by atoms with Gasteiger partial charge in [-0.15, -0.1) is 0 Å². The molecule has 0 aromatic heterocycles. The lowest BCUT2D eigenvalue weighted by Gasteiger charge is -2.53. The average Bonchev–Trinajstić information content (AvgIpc) is 2.77. The number of primary amides is 1. The van der Waals surface area contributed by atoms with Crippen LogP contribution in [0.15, 0.2) is 17.7 Å². The lowest BCUT2D eigenvalue weighted by Crippen LogP contribution is -2.69. The zero-order valence-corrected chi connectivity index (χ0v) is 20.0. The zero-order valence-electron chi connectivity index (χ0n) is 20.0. The van der Waals surface area contributed by atoms with Crippen molar-refractivity contribution in [3.63, 3.8) is 0 Å². The van der Waals surface area contributed by atoms with Crippen LogP contribution in [0.3, 0.4) is 0 Å². The molecule has 6 unspecified atom stereocenters. The van der Waals surface area contributed by atoms with Gasteiger partial charge in [-0.25, -0.2) is 0 Å². The summed E-state index contributed by atoms with van der Waals surface area (Å²) in [5, 5.41) is 57.3. The highest BCUT2D eigenvalue weighted by atomic mass is 16.3. The van der Waals surface area contributed by atoms with Crippen molar-refractivity contribution in [2.24, 2.45) is 17.6 Å². The third kappa shape index (κ3) is 3.36. The van der Waals surface area contributed by atoms with Gasteiger partial charge in [0.1, 0.15) is 11.5 Å². The third-order valence-electron chi connectivity index (χ3n) is 7.66. The number of anilines is 1. The minimum atomic E-state index is -2.75. The summed E-state index contributed by atoms with van der Waals surface area (Å²) in [6, 6.07) is 2.62. The van der Waals surface area contributed by atoms with Gasteiger partial charge in [0.15, 0.2) is 11.4 Å². The molecule has 0 spiro atoms. The SMILES string of the molecule is CN(C)CC(=O)Nc1ccc2c(c1O)C(O)=C1C(=O)C3(O)C(=O)CC(O)CC3C(O)C1C2(C)C(N)=O. The van der Waals surface area contributed by atoms with Gasteiger partial charge in [0.05, 0.1) is 35.4 Å². The lowest BCUT2D eigenvalue weighted by atomic mass is 9.50. The summed E-state index contributed by atoms with van der Waals surface area (Å²) in [5.74, 6) is -8.26. The number of Topliss-reactive ketones (excluding diaryl/α,β-unsaturated/α-hetero) is 2. The highest BCUT2D eigenvalue weighted by Crippen LogP contribution is 2.57. The number of phenolic OH excluding ortho intramolecular Hbond substituents is 1. The predicted molar refractivity (Wildman–Crippen MR) is 125 cm³/mol. The molecule has 0 radical (unpaired) electrons. The Bertz CT molecular complexity index is 1230. The van der Waals surface area contributed by atoms with Crippen molar-refractivity contribution >= 4 is 34.8 Å². The van der Waals surface area contributed by atoms with Crippen molar-refractivity contribution in [1.29, 1.82) is 0 Å². The van der Waals surface area contributed by atoms with Gasteiger partial charge in [0.2, 0.25) is 17.6 Å². The Morgan fingerprint density at radius 2 is 1.83 bits per heavy atom. The average molecular weight is 504 g/mol. The van der Waals surface area contributed by atoms with E-state index < -0.39 is 87.5 Å². The number of aliphatic hydroxyl groups excluding tert-OH is 3. The number of ketones is 2. The predicted octanol–water partition coefficient (Wildman–Crippen LogP) is -1.45. The molecule has 12 heteroatoms. The fourth-order valence-corrected chi connectivity index (χ4v) is 5.87. The van der Waals surface area contributed by atoms with Crippen LogP contribution in [0.5, 0.6) is 5.75 Å². The molecule has 6 atom stereocenters. The number of phenols is 1. The molecule has 0 heterocycles. The number of aliphatic hydroxyl groups is 4. The first-order chi connectivity index (χ1) is 16.7. The number of amides is 2. The Morgan fingerprint density at radius 3 is 2.42 bits per heavy atom. The number of carbonyl (C=O) groups is 4. The highest BCUT2D eigenvalue weighted by molar-refractivity contribution is 6.22. The summed E-state index contributed by atoms with van der Waals surface area (Å²) in [6.45, 7) is 1.29. The first kappa shape index (κ1) is 25.8. The maximum absolute atomic E-state index is 13.6. The van der Waals surface area contributed by atoms with Crippen LogP contribution >= 0.6 is 0 Å². The number of likely N-dealkylation sites (N-methyl/N-ethyl adjacent to an activating group) is 1. The van der Waals surface area contributed by atoms with Crippen molar-refractivity contribution in [2.45, 2.75) is 43.0 Å². The fourth-order valence-electron chi connectivity index (χ4n) is 5.87. The topological polar surface area (TPSA) is 211 Å². The number of nitrogens with one attached hydrogen (secondary N) is 1. The van der Waals surface area contributed by atoms with Crippen LogP contribution < -0.4 is 11.1 Å². The van der Waals surface area contributed by atoms with Gasteiger partial charge < -0.3 is 41.5 Å². The molecule has 36 heavy (non-hydrogen) atoms. The van der Waals surface area contributed by atoms with E-state index in [1.165, 1.54) is 19.1 Å². The van der Waals surface area contributed by atoms with Gasteiger partial charge in [0, 0.05) is 23.8 Å². The van der Waals surface area contributed by atoms with Gasteiger partial charge in [-0.3, -0.25) is 19.2 Å². The Morgan fingerprint density at radius 1 is 1.19 bits per heavy atom. The number of rotatable bonds is 4. The Hall–Kier alpha value is -3.32. The standard InChI is InChI=1S/C24H29N3O9/c1-23(22(25)35)10-4-5-12(26-14(30)8-27(2)3)19(32)15(10)20(33)16-17(23)18(31)11-6-9(28)7-13(29)24(11,36)21(16)34/h4-5,9,11,17-18,28,31-33,36H,6-8H2,1-3H3,(H2,25,35)(H,26,30). The van der Waals surface area contributed by atoms with Crippen LogP contribution in [-0.2, 0) is 24.6 Å². The maximum Gasteiger partial charge on any atom is 0.238 e. The number of aromatic hydroxyl groups is 1. The zero-order chi connectivity index (χ0) is 26.9. The number of hydrogen-bond donors (Lipinski definition) is 7. The maximum atomic E-state index is 13.6. The van der Waals surface area contributed by atoms with Crippen molar-refractivity contribution in [3.05, 3.63) is 28.8 Å². The number of hydrogen-bond acceptors (Lipinski definition) is 10.